The molecular formula is C28H19F3N8O2S. The molecule has 1 unspecified atom stereocenters. The first-order valence-corrected chi connectivity index (χ1v) is 13.7. The van der Waals surface area contributed by atoms with Crippen LogP contribution in [0.4, 0.5) is 24.9 Å². The van der Waals surface area contributed by atoms with Crippen LogP contribution in [0.2, 0.25) is 0 Å². The van der Waals surface area contributed by atoms with Crippen LogP contribution < -0.4 is 10.6 Å². The number of benzene rings is 2. The fourth-order valence-corrected chi connectivity index (χ4v) is 5.36. The van der Waals surface area contributed by atoms with Gasteiger partial charge in [-0.3, -0.25) is 4.79 Å². The van der Waals surface area contributed by atoms with Gasteiger partial charge in [0.05, 0.1) is 16.3 Å². The summed E-state index contributed by atoms with van der Waals surface area (Å²) in [6.07, 6.45) is -0.957. The van der Waals surface area contributed by atoms with E-state index in [1.54, 1.807) is 12.1 Å². The van der Waals surface area contributed by atoms with Crippen molar-refractivity contribution in [1.29, 1.82) is 0 Å². The van der Waals surface area contributed by atoms with Crippen LogP contribution in [0.5, 0.6) is 0 Å². The SMILES string of the molecule is O=C1Nc2ccccc2C(c2ccccc2)=NC1Nc1nnc(-c2nc(C(F)(F)F)sc2-c2cnc(C3CC3)nc2)o1. The lowest BCUT2D eigenvalue weighted by Gasteiger charge is -2.11. The molecule has 1 saturated carbocycles. The predicted octanol–water partition coefficient (Wildman–Crippen LogP) is 5.77. The molecule has 10 nitrogen and oxygen atoms in total. The summed E-state index contributed by atoms with van der Waals surface area (Å²) in [4.78, 5) is 30.4. The van der Waals surface area contributed by atoms with Gasteiger partial charge in [0.1, 0.15) is 11.5 Å². The van der Waals surface area contributed by atoms with Crippen LogP contribution in [-0.4, -0.2) is 42.9 Å². The second kappa shape index (κ2) is 10.1. The minimum atomic E-state index is -4.69. The van der Waals surface area contributed by atoms with Crippen molar-refractivity contribution in [3.05, 3.63) is 88.9 Å². The van der Waals surface area contributed by atoms with Gasteiger partial charge in [0.2, 0.25) is 6.17 Å². The molecule has 0 saturated heterocycles. The number of para-hydroxylation sites is 1. The van der Waals surface area contributed by atoms with E-state index in [1.165, 1.54) is 12.4 Å². The van der Waals surface area contributed by atoms with E-state index < -0.39 is 23.3 Å². The zero-order valence-corrected chi connectivity index (χ0v) is 22.3. The van der Waals surface area contributed by atoms with Crippen molar-refractivity contribution in [2.45, 2.75) is 31.1 Å². The van der Waals surface area contributed by atoms with Crippen molar-refractivity contribution >= 4 is 34.7 Å². The molecule has 1 aliphatic carbocycles. The summed E-state index contributed by atoms with van der Waals surface area (Å²) >= 11 is 0.433. The summed E-state index contributed by atoms with van der Waals surface area (Å²) in [5.41, 5.74) is 2.79. The van der Waals surface area contributed by atoms with Gasteiger partial charge in [-0.2, -0.15) is 13.2 Å². The van der Waals surface area contributed by atoms with Gasteiger partial charge in [-0.05, 0) is 18.9 Å². The first-order chi connectivity index (χ1) is 20.3. The van der Waals surface area contributed by atoms with E-state index in [1.807, 2.05) is 42.5 Å². The van der Waals surface area contributed by atoms with Gasteiger partial charge in [0.25, 0.3) is 11.8 Å². The van der Waals surface area contributed by atoms with Gasteiger partial charge in [-0.1, -0.05) is 53.6 Å². The standard InChI is InChI=1S/C28H19F3N8O2S/c29-28(30,31)26-36-20(21(42-26)16-12-32-22(33-13-16)15-10-11-15)25-38-39-27(41-25)37-23-24(40)34-18-9-5-4-8-17(18)19(35-23)14-6-2-1-3-7-14/h1-9,12-13,15,23H,10-11H2,(H,34,40)(H,37,39). The third-order valence-electron chi connectivity index (χ3n) is 6.63. The Bertz CT molecular complexity index is 1810. The summed E-state index contributed by atoms with van der Waals surface area (Å²) in [5.74, 6) is 0.184. The Morgan fingerprint density at radius 2 is 1.69 bits per heavy atom. The molecule has 0 spiro atoms. The van der Waals surface area contributed by atoms with Crippen LogP contribution in [0.3, 0.4) is 0 Å². The molecule has 1 fully saturated rings. The largest absolute Gasteiger partial charge is 0.443 e. The van der Waals surface area contributed by atoms with Crippen LogP contribution in [0, 0.1) is 0 Å². The second-order valence-corrected chi connectivity index (χ2v) is 10.6. The van der Waals surface area contributed by atoms with E-state index in [4.69, 9.17) is 4.42 Å². The molecule has 210 valence electrons. The summed E-state index contributed by atoms with van der Waals surface area (Å²) in [6.45, 7) is 0. The number of amides is 1. The normalized spacial score (nSPS) is 16.8. The Morgan fingerprint density at radius 3 is 2.43 bits per heavy atom. The summed E-state index contributed by atoms with van der Waals surface area (Å²) < 4.78 is 46.7. The fraction of sp³-hybridized carbons (Fsp3) is 0.179. The number of nitrogens with zero attached hydrogens (tertiary/aromatic N) is 6. The van der Waals surface area contributed by atoms with Crippen LogP contribution in [0.1, 0.15) is 40.7 Å². The monoisotopic (exact) mass is 588 g/mol. The summed E-state index contributed by atoms with van der Waals surface area (Å²) in [5, 5.41) is 12.4. The van der Waals surface area contributed by atoms with E-state index in [2.05, 4.69) is 40.8 Å². The number of hydrogen-bond acceptors (Lipinski definition) is 10. The number of rotatable bonds is 6. The number of alkyl halides is 3. The Balaban J connectivity index is 1.23. The highest BCUT2D eigenvalue weighted by Gasteiger charge is 2.38. The molecule has 42 heavy (non-hydrogen) atoms. The van der Waals surface area contributed by atoms with Crippen LogP contribution in [0.15, 0.2) is 76.4 Å². The number of carbonyl (C=O) groups is 1. The predicted molar refractivity (Wildman–Crippen MR) is 148 cm³/mol. The van der Waals surface area contributed by atoms with Crippen LogP contribution in [0.25, 0.3) is 22.0 Å². The summed E-state index contributed by atoms with van der Waals surface area (Å²) in [6, 6.07) is 16.4. The number of anilines is 2. The molecule has 0 radical (unpaired) electrons. The third-order valence-corrected chi connectivity index (χ3v) is 7.78. The average molecular weight is 589 g/mol. The molecule has 1 amide bonds. The lowest BCUT2D eigenvalue weighted by atomic mass is 10.0. The minimum Gasteiger partial charge on any atom is -0.402 e. The van der Waals surface area contributed by atoms with Crippen molar-refractivity contribution in [2.75, 3.05) is 10.6 Å². The second-order valence-electron chi connectivity index (χ2n) is 9.64. The van der Waals surface area contributed by atoms with Crippen molar-refractivity contribution in [3.8, 4) is 22.0 Å². The first-order valence-electron chi connectivity index (χ1n) is 12.9. The van der Waals surface area contributed by atoms with E-state index in [-0.39, 0.29) is 28.4 Å². The lowest BCUT2D eigenvalue weighted by molar-refractivity contribution is -0.137. The smallest absolute Gasteiger partial charge is 0.402 e. The number of fused-ring (bicyclic) bond motifs is 1. The highest BCUT2D eigenvalue weighted by Crippen LogP contribution is 2.43. The lowest BCUT2D eigenvalue weighted by Crippen LogP contribution is -2.32. The Morgan fingerprint density at radius 1 is 0.952 bits per heavy atom. The van der Waals surface area contributed by atoms with Crippen molar-refractivity contribution in [3.63, 3.8) is 0 Å². The van der Waals surface area contributed by atoms with Gasteiger partial charge in [-0.15, -0.1) is 16.4 Å². The topological polar surface area (TPSA) is 131 Å². The Hall–Kier alpha value is -4.98. The number of carbonyl (C=O) groups excluding carboxylic acids is 1. The van der Waals surface area contributed by atoms with E-state index in [0.29, 0.717) is 39.7 Å². The van der Waals surface area contributed by atoms with E-state index in [0.717, 1.165) is 18.4 Å². The van der Waals surface area contributed by atoms with E-state index >= 15 is 0 Å². The summed E-state index contributed by atoms with van der Waals surface area (Å²) in [7, 11) is 0. The zero-order chi connectivity index (χ0) is 28.8. The highest BCUT2D eigenvalue weighted by atomic mass is 32.1. The maximum atomic E-state index is 13.7. The zero-order valence-electron chi connectivity index (χ0n) is 21.5. The number of halogens is 3. The molecule has 5 aromatic rings. The van der Waals surface area contributed by atoms with Crippen LogP contribution in [-0.2, 0) is 11.0 Å². The molecule has 4 heterocycles. The molecule has 0 bridgehead atoms. The molecule has 14 heteroatoms. The first kappa shape index (κ1) is 26.0. The van der Waals surface area contributed by atoms with Gasteiger partial charge < -0.3 is 15.1 Å². The highest BCUT2D eigenvalue weighted by molar-refractivity contribution is 7.15. The average Bonchev–Trinajstić information content (AvgIpc) is 3.60. The molecule has 1 atom stereocenters. The number of thiazole rings is 1. The van der Waals surface area contributed by atoms with E-state index in [9.17, 15) is 18.0 Å². The van der Waals surface area contributed by atoms with Crippen molar-refractivity contribution < 1.29 is 22.4 Å². The van der Waals surface area contributed by atoms with Crippen molar-refractivity contribution in [2.24, 2.45) is 4.99 Å². The molecule has 7 rings (SSSR count). The molecular weight excluding hydrogens is 569 g/mol. The quantitative estimate of drug-likeness (QED) is 0.256. The Kier molecular flexibility index (Phi) is 6.26. The Labute approximate surface area is 239 Å². The maximum Gasteiger partial charge on any atom is 0.443 e. The number of hydrogen-bond donors (Lipinski definition) is 2. The van der Waals surface area contributed by atoms with Gasteiger partial charge >= 0.3 is 12.2 Å². The molecule has 2 aromatic carbocycles. The maximum absolute atomic E-state index is 13.7. The number of nitrogens with one attached hydrogen (secondary N) is 2. The number of aliphatic imine (C=N–C) groups is 1. The minimum absolute atomic E-state index is 0.131. The van der Waals surface area contributed by atoms with Gasteiger partial charge in [-0.25, -0.2) is 19.9 Å². The number of benzodiazepines with no additional fused rings is 1. The molecule has 3 aromatic heterocycles. The molecule has 2 aliphatic rings. The fourth-order valence-electron chi connectivity index (χ4n) is 4.46. The number of aromatic nitrogens is 5. The van der Waals surface area contributed by atoms with Crippen molar-refractivity contribution in [1.82, 2.24) is 25.1 Å². The van der Waals surface area contributed by atoms with Crippen LogP contribution >= 0.6 is 11.3 Å². The molecule has 2 N–H and O–H groups in total. The third kappa shape index (κ3) is 5.00. The van der Waals surface area contributed by atoms with Gasteiger partial charge in [0.15, 0.2) is 5.01 Å². The van der Waals surface area contributed by atoms with Gasteiger partial charge in [0, 0.05) is 35.0 Å². The molecule has 1 aliphatic heterocycles.